The predicted octanol–water partition coefficient (Wildman–Crippen LogP) is 9.87. The number of aliphatic hydroxyl groups excluding tert-OH is 2. The second-order valence-electron chi connectivity index (χ2n) is 12.7. The Hall–Kier alpha value is -2.75. The van der Waals surface area contributed by atoms with E-state index in [0.717, 1.165) is 12.4 Å². The smallest absolute Gasteiger partial charge is 0.392 e. The molecule has 2 unspecified atom stereocenters. The normalized spacial score (nSPS) is 14.4. The van der Waals surface area contributed by atoms with E-state index in [1.54, 1.807) is 6.07 Å². The Morgan fingerprint density at radius 2 is 0.938 bits per heavy atom. The van der Waals surface area contributed by atoms with Crippen LogP contribution in [0.15, 0.2) is 42.7 Å². The van der Waals surface area contributed by atoms with Crippen molar-refractivity contribution < 1.29 is 83.0 Å². The van der Waals surface area contributed by atoms with Crippen LogP contribution in [-0.2, 0) is 44.8 Å². The van der Waals surface area contributed by atoms with Crippen LogP contribution >= 0.6 is 0 Å². The monoisotopic (exact) mass is 884 g/mol. The number of hydrogen-bond donors (Lipinski definition) is 2. The summed E-state index contributed by atoms with van der Waals surface area (Å²) in [5.74, 6) is 0. The molecule has 48 heavy (non-hydrogen) atoms. The SMILES string of the molecule is CC(C)(C)C(O)CC(O)C(C)(C)C.FC(F)(F)c1[c-]c(-c2nccnc2-c2cc(C(F)(F)F)cc(C(F)(F)F)c2)cc(C(F)(F)F)c1.[Ir]. The third kappa shape index (κ3) is 12.0. The van der Waals surface area contributed by atoms with E-state index in [2.05, 4.69) is 9.97 Å². The van der Waals surface area contributed by atoms with Crippen molar-refractivity contribution in [3.8, 4) is 22.5 Å². The van der Waals surface area contributed by atoms with Crippen molar-refractivity contribution in [2.24, 2.45) is 10.8 Å². The van der Waals surface area contributed by atoms with Crippen molar-refractivity contribution in [3.05, 3.63) is 71.0 Å². The van der Waals surface area contributed by atoms with E-state index >= 15 is 0 Å². The Morgan fingerprint density at radius 1 is 0.562 bits per heavy atom. The van der Waals surface area contributed by atoms with Crippen molar-refractivity contribution in [1.82, 2.24) is 9.97 Å². The van der Waals surface area contributed by atoms with Gasteiger partial charge in [-0.1, -0.05) is 41.5 Å². The zero-order chi connectivity index (χ0) is 36.6. The molecule has 4 nitrogen and oxygen atoms in total. The number of halogens is 12. The van der Waals surface area contributed by atoms with Gasteiger partial charge in [-0.25, -0.2) is 0 Å². The number of rotatable bonds is 4. The molecule has 3 rings (SSSR count). The van der Waals surface area contributed by atoms with E-state index in [1.807, 2.05) is 41.5 Å². The van der Waals surface area contributed by atoms with Crippen molar-refractivity contribution in [1.29, 1.82) is 0 Å². The third-order valence-corrected chi connectivity index (χ3v) is 6.76. The van der Waals surface area contributed by atoms with Crippen molar-refractivity contribution in [3.63, 3.8) is 0 Å². The van der Waals surface area contributed by atoms with Crippen LogP contribution in [-0.4, -0.2) is 32.4 Å². The maximum absolute atomic E-state index is 13.2. The first-order valence-electron chi connectivity index (χ1n) is 13.6. The maximum atomic E-state index is 13.2. The summed E-state index contributed by atoms with van der Waals surface area (Å²) in [7, 11) is 0. The summed E-state index contributed by atoms with van der Waals surface area (Å²) in [6, 6.07) is 1.83. The zero-order valence-corrected chi connectivity index (χ0v) is 28.5. The number of benzene rings is 2. The molecule has 0 aliphatic carbocycles. The van der Waals surface area contributed by atoms with Crippen molar-refractivity contribution >= 4 is 0 Å². The molecule has 2 aromatic carbocycles. The summed E-state index contributed by atoms with van der Waals surface area (Å²) in [4.78, 5) is 7.14. The van der Waals surface area contributed by atoms with Gasteiger partial charge in [0.15, 0.2) is 0 Å². The first-order valence-corrected chi connectivity index (χ1v) is 13.6. The molecule has 0 aliphatic rings. The van der Waals surface area contributed by atoms with Crippen LogP contribution in [0, 0.1) is 16.9 Å². The summed E-state index contributed by atoms with van der Waals surface area (Å²) in [5, 5.41) is 19.5. The topological polar surface area (TPSA) is 66.2 Å². The van der Waals surface area contributed by atoms with Gasteiger partial charge in [0.25, 0.3) is 0 Å². The Morgan fingerprint density at radius 3 is 1.29 bits per heavy atom. The molecule has 271 valence electrons. The standard InChI is InChI=1S/C20H7F12N2.C11H24O2.Ir/c21-17(22,23)11-3-9(4-12(7-11)18(24,25)26)15-16(34-2-1-33-15)10-5-13(19(27,28)29)8-14(6-10)20(30,31)32;1-10(2,3)8(12)7-9(13)11(4,5)6;/h1-5,7-8H;8-9,12-13H,7H2,1-6H3;/q-1;;. The average Bonchev–Trinajstić information content (AvgIpc) is 2.90. The molecule has 17 heteroatoms. The molecule has 0 saturated heterocycles. The quantitative estimate of drug-likeness (QED) is 0.203. The van der Waals surface area contributed by atoms with Crippen LogP contribution in [0.3, 0.4) is 0 Å². The molecule has 0 amide bonds. The second kappa shape index (κ2) is 15.0. The molecular formula is C31H31F12IrN2O2-. The molecule has 1 heterocycles. The Bertz CT molecular complexity index is 1340. The van der Waals surface area contributed by atoms with Crippen LogP contribution < -0.4 is 0 Å². The molecule has 0 saturated carbocycles. The first kappa shape index (κ1) is 43.3. The van der Waals surface area contributed by atoms with Gasteiger partial charge in [0.1, 0.15) is 0 Å². The van der Waals surface area contributed by atoms with Gasteiger partial charge in [0, 0.05) is 44.6 Å². The third-order valence-electron chi connectivity index (χ3n) is 6.76. The van der Waals surface area contributed by atoms with E-state index in [-0.39, 0.29) is 61.3 Å². The number of alkyl halides is 12. The van der Waals surface area contributed by atoms with Gasteiger partial charge in [-0.05, 0) is 45.7 Å². The average molecular weight is 884 g/mol. The molecule has 2 N–H and O–H groups in total. The number of hydrogen-bond acceptors (Lipinski definition) is 4. The van der Waals surface area contributed by atoms with Gasteiger partial charge in [0.2, 0.25) is 0 Å². The van der Waals surface area contributed by atoms with Gasteiger partial charge < -0.3 is 15.2 Å². The molecule has 0 bridgehead atoms. The van der Waals surface area contributed by atoms with E-state index in [9.17, 15) is 62.9 Å². The van der Waals surface area contributed by atoms with Crippen LogP contribution in [0.5, 0.6) is 0 Å². The summed E-state index contributed by atoms with van der Waals surface area (Å²) in [5.41, 5.74) is -11.0. The minimum atomic E-state index is -5.31. The van der Waals surface area contributed by atoms with Gasteiger partial charge in [-0.15, -0.1) is 23.8 Å². The van der Waals surface area contributed by atoms with Gasteiger partial charge >= 0.3 is 24.7 Å². The van der Waals surface area contributed by atoms with E-state index < -0.39 is 81.7 Å². The molecule has 1 aromatic heterocycles. The Labute approximate surface area is 282 Å². The largest absolute Gasteiger partial charge is 0.416 e. The number of aliphatic hydroxyl groups is 2. The van der Waals surface area contributed by atoms with Crippen LogP contribution in [0.2, 0.25) is 0 Å². The fourth-order valence-corrected chi connectivity index (χ4v) is 3.77. The van der Waals surface area contributed by atoms with E-state index in [4.69, 9.17) is 0 Å². The van der Waals surface area contributed by atoms with Crippen LogP contribution in [0.25, 0.3) is 22.5 Å². The fourth-order valence-electron chi connectivity index (χ4n) is 3.77. The van der Waals surface area contributed by atoms with Crippen molar-refractivity contribution in [2.75, 3.05) is 0 Å². The zero-order valence-electron chi connectivity index (χ0n) is 26.1. The minimum Gasteiger partial charge on any atom is -0.392 e. The van der Waals surface area contributed by atoms with Gasteiger partial charge in [-0.2, -0.15) is 52.7 Å². The summed E-state index contributed by atoms with van der Waals surface area (Å²) in [6.45, 7) is 11.9. The molecule has 2 atom stereocenters. The predicted molar refractivity (Wildman–Crippen MR) is 147 cm³/mol. The molecule has 0 spiro atoms. The minimum absolute atomic E-state index is 0. The van der Waals surface area contributed by atoms with E-state index in [0.29, 0.717) is 6.42 Å². The van der Waals surface area contributed by atoms with E-state index in [1.165, 1.54) is 0 Å². The second-order valence-corrected chi connectivity index (χ2v) is 12.7. The molecule has 0 aliphatic heterocycles. The molecule has 1 radical (unpaired) electrons. The molecule has 3 aromatic rings. The molecular weight excluding hydrogens is 853 g/mol. The van der Waals surface area contributed by atoms with Crippen molar-refractivity contribution in [2.45, 2.75) is 84.9 Å². The van der Waals surface area contributed by atoms with Gasteiger partial charge in [0.05, 0.1) is 29.0 Å². The summed E-state index contributed by atoms with van der Waals surface area (Å²) < 4.78 is 158. The Balaban J connectivity index is 0.000000699. The van der Waals surface area contributed by atoms with Crippen LogP contribution in [0.1, 0.15) is 70.2 Å². The number of nitrogens with zero attached hydrogens (tertiary/aromatic N) is 2. The Kier molecular flexibility index (Phi) is 13.5. The summed E-state index contributed by atoms with van der Waals surface area (Å²) in [6.07, 6.45) is -19.9. The fraction of sp³-hybridized carbons (Fsp3) is 0.484. The van der Waals surface area contributed by atoms with Crippen LogP contribution in [0.4, 0.5) is 52.7 Å². The number of aromatic nitrogens is 2. The summed E-state index contributed by atoms with van der Waals surface area (Å²) >= 11 is 0. The maximum Gasteiger partial charge on any atom is 0.416 e. The van der Waals surface area contributed by atoms with Gasteiger partial charge in [-0.3, -0.25) is 4.98 Å². The molecule has 0 fully saturated rings. The first-order chi connectivity index (χ1) is 20.9.